The maximum atomic E-state index is 14.1. The molecule has 1 aromatic carbocycles. The molecule has 0 spiro atoms. The maximum Gasteiger partial charge on any atom is 0.295 e. The predicted molar refractivity (Wildman–Crippen MR) is 76.4 cm³/mol. The van der Waals surface area contributed by atoms with Crippen molar-refractivity contribution in [3.63, 3.8) is 0 Å². The Morgan fingerprint density at radius 2 is 2.41 bits per heavy atom. The van der Waals surface area contributed by atoms with Gasteiger partial charge in [0.25, 0.3) is 12.3 Å². The number of halogens is 1. The smallest absolute Gasteiger partial charge is 0.295 e. The van der Waals surface area contributed by atoms with E-state index in [-0.39, 0.29) is 5.52 Å². The molecule has 6 heteroatoms. The lowest BCUT2D eigenvalue weighted by atomic mass is 9.95. The van der Waals surface area contributed by atoms with Gasteiger partial charge in [-0.3, -0.25) is 4.79 Å². The lowest BCUT2D eigenvalue weighted by Gasteiger charge is -2.35. The summed E-state index contributed by atoms with van der Waals surface area (Å²) in [5.41, 5.74) is 1.97. The van der Waals surface area contributed by atoms with Crippen molar-refractivity contribution in [1.82, 2.24) is 4.98 Å². The van der Waals surface area contributed by atoms with Crippen LogP contribution in [-0.2, 0) is 26.5 Å². The molecule has 22 heavy (non-hydrogen) atoms. The van der Waals surface area contributed by atoms with Crippen LogP contribution >= 0.6 is 0 Å². The van der Waals surface area contributed by atoms with E-state index in [1.165, 1.54) is 12.1 Å². The van der Waals surface area contributed by atoms with E-state index in [9.17, 15) is 14.4 Å². The highest BCUT2D eigenvalue weighted by molar-refractivity contribution is 5.91. The van der Waals surface area contributed by atoms with Gasteiger partial charge < -0.3 is 14.5 Å². The third-order valence-corrected chi connectivity index (χ3v) is 4.01. The summed E-state index contributed by atoms with van der Waals surface area (Å²) in [5.74, 6) is -1.68. The Morgan fingerprint density at radius 1 is 1.59 bits per heavy atom. The van der Waals surface area contributed by atoms with Crippen molar-refractivity contribution in [3.05, 3.63) is 34.8 Å². The molecule has 0 saturated heterocycles. The molecule has 2 heterocycles. The second-order valence-electron chi connectivity index (χ2n) is 5.25. The number of hydrogen-bond acceptors (Lipinski definition) is 4. The molecular formula is C16H15FN2O3. The van der Waals surface area contributed by atoms with Gasteiger partial charge >= 0.3 is 0 Å². The van der Waals surface area contributed by atoms with Gasteiger partial charge in [-0.05, 0) is 30.5 Å². The first-order valence-corrected chi connectivity index (χ1v) is 7.16. The number of aromatic nitrogens is 1. The fourth-order valence-electron chi connectivity index (χ4n) is 3.15. The van der Waals surface area contributed by atoms with Gasteiger partial charge in [0.05, 0.1) is 29.5 Å². The summed E-state index contributed by atoms with van der Waals surface area (Å²) in [5, 5.41) is 9.83. The monoisotopic (exact) mass is 302 g/mol. The Labute approximate surface area is 126 Å². The minimum atomic E-state index is -1.23. The van der Waals surface area contributed by atoms with E-state index < -0.39 is 11.6 Å². The van der Waals surface area contributed by atoms with Crippen LogP contribution in [0, 0.1) is 17.1 Å². The van der Waals surface area contributed by atoms with Crippen molar-refractivity contribution in [1.29, 1.82) is 5.26 Å². The lowest BCUT2D eigenvalue weighted by molar-refractivity contribution is -0.239. The van der Waals surface area contributed by atoms with Gasteiger partial charge in [-0.2, -0.15) is 5.26 Å². The highest BCUT2D eigenvalue weighted by Gasteiger charge is 2.42. The van der Waals surface area contributed by atoms with Crippen LogP contribution < -0.4 is 0 Å². The van der Waals surface area contributed by atoms with Gasteiger partial charge in [0.15, 0.2) is 0 Å². The minimum Gasteiger partial charge on any atom is -0.429 e. The van der Waals surface area contributed by atoms with Crippen LogP contribution in [-0.4, -0.2) is 18.1 Å². The zero-order chi connectivity index (χ0) is 15.7. The van der Waals surface area contributed by atoms with Crippen molar-refractivity contribution in [2.75, 3.05) is 6.61 Å². The molecule has 2 aromatic rings. The number of ether oxygens (including phenoxy) is 2. The summed E-state index contributed by atoms with van der Waals surface area (Å²) < 4.78 is 25.1. The van der Waals surface area contributed by atoms with Crippen molar-refractivity contribution in [3.8, 4) is 6.07 Å². The SMILES string of the molecule is CCCC1(OC=O)OCCc2c1[nH]c1c(F)ccc(C#N)c21. The van der Waals surface area contributed by atoms with Crippen LogP contribution in [0.4, 0.5) is 4.39 Å². The summed E-state index contributed by atoms with van der Waals surface area (Å²) >= 11 is 0. The molecule has 0 radical (unpaired) electrons. The van der Waals surface area contributed by atoms with Crippen LogP contribution in [0.15, 0.2) is 12.1 Å². The highest BCUT2D eigenvalue weighted by Crippen LogP contribution is 2.41. The number of hydrogen-bond donors (Lipinski definition) is 1. The summed E-state index contributed by atoms with van der Waals surface area (Å²) in [7, 11) is 0. The molecule has 0 saturated carbocycles. The van der Waals surface area contributed by atoms with Crippen LogP contribution in [0.3, 0.4) is 0 Å². The lowest BCUT2D eigenvalue weighted by Crippen LogP contribution is -2.38. The van der Waals surface area contributed by atoms with Gasteiger partial charge in [0.2, 0.25) is 0 Å². The topological polar surface area (TPSA) is 75.1 Å². The standard InChI is InChI=1S/C16H15FN2O3/c1-2-6-16(22-9-20)15-11(5-7-21-16)13-10(8-18)3-4-12(17)14(13)19-15/h3-4,9,19H,2,5-7H2,1H3. The van der Waals surface area contributed by atoms with Crippen LogP contribution in [0.25, 0.3) is 10.9 Å². The largest absolute Gasteiger partial charge is 0.429 e. The second-order valence-corrected chi connectivity index (χ2v) is 5.25. The number of nitrogens with zero attached hydrogens (tertiary/aromatic N) is 1. The average molecular weight is 302 g/mol. The van der Waals surface area contributed by atoms with E-state index in [0.29, 0.717) is 42.6 Å². The number of rotatable bonds is 4. The van der Waals surface area contributed by atoms with Gasteiger partial charge in [-0.1, -0.05) is 6.92 Å². The quantitative estimate of drug-likeness (QED) is 0.881. The number of carbonyl (C=O) groups excluding carboxylic acids is 1. The van der Waals surface area contributed by atoms with Gasteiger partial charge in [0.1, 0.15) is 5.82 Å². The summed E-state index contributed by atoms with van der Waals surface area (Å²) in [6, 6.07) is 4.80. The molecule has 1 aliphatic rings. The van der Waals surface area contributed by atoms with Crippen molar-refractivity contribution in [2.24, 2.45) is 0 Å². The molecule has 5 nitrogen and oxygen atoms in total. The fourth-order valence-corrected chi connectivity index (χ4v) is 3.15. The molecule has 1 unspecified atom stereocenters. The third kappa shape index (κ3) is 1.97. The number of H-pyrrole nitrogens is 1. The van der Waals surface area contributed by atoms with Crippen LogP contribution in [0.1, 0.15) is 36.6 Å². The first-order valence-electron chi connectivity index (χ1n) is 7.16. The summed E-state index contributed by atoms with van der Waals surface area (Å²) in [6.45, 7) is 2.63. The van der Waals surface area contributed by atoms with E-state index in [1.807, 2.05) is 6.92 Å². The number of fused-ring (bicyclic) bond motifs is 3. The number of benzene rings is 1. The van der Waals surface area contributed by atoms with Gasteiger partial charge in [-0.25, -0.2) is 4.39 Å². The molecular weight excluding hydrogens is 287 g/mol. The Bertz CT molecular complexity index is 778. The summed E-state index contributed by atoms with van der Waals surface area (Å²) in [6.07, 6.45) is 1.70. The zero-order valence-corrected chi connectivity index (χ0v) is 12.1. The number of carbonyl (C=O) groups is 1. The van der Waals surface area contributed by atoms with Crippen molar-refractivity contribution >= 4 is 17.4 Å². The van der Waals surface area contributed by atoms with Crippen LogP contribution in [0.5, 0.6) is 0 Å². The fraction of sp³-hybridized carbons (Fsp3) is 0.375. The highest BCUT2D eigenvalue weighted by atomic mass is 19.1. The Kier molecular flexibility index (Phi) is 3.59. The zero-order valence-electron chi connectivity index (χ0n) is 12.1. The predicted octanol–water partition coefficient (Wildman–Crippen LogP) is 2.88. The van der Waals surface area contributed by atoms with Gasteiger partial charge in [-0.15, -0.1) is 0 Å². The molecule has 0 fully saturated rings. The molecule has 114 valence electrons. The molecule has 1 aliphatic heterocycles. The third-order valence-electron chi connectivity index (χ3n) is 4.01. The van der Waals surface area contributed by atoms with Crippen LogP contribution in [0.2, 0.25) is 0 Å². The molecule has 0 bridgehead atoms. The molecule has 1 aromatic heterocycles. The van der Waals surface area contributed by atoms with Gasteiger partial charge in [0, 0.05) is 11.8 Å². The normalized spacial score (nSPS) is 20.4. The molecule has 3 rings (SSSR count). The second kappa shape index (κ2) is 5.43. The number of nitrogens with one attached hydrogen (secondary N) is 1. The van der Waals surface area contributed by atoms with E-state index in [2.05, 4.69) is 11.1 Å². The molecule has 1 N–H and O–H groups in total. The van der Waals surface area contributed by atoms with E-state index in [0.717, 1.165) is 12.0 Å². The maximum absolute atomic E-state index is 14.1. The van der Waals surface area contributed by atoms with E-state index in [1.54, 1.807) is 0 Å². The first-order chi connectivity index (χ1) is 10.7. The average Bonchev–Trinajstić information content (AvgIpc) is 2.91. The van der Waals surface area contributed by atoms with E-state index >= 15 is 0 Å². The molecule has 0 aliphatic carbocycles. The Hall–Kier alpha value is -2.39. The summed E-state index contributed by atoms with van der Waals surface area (Å²) in [4.78, 5) is 13.9. The number of nitriles is 1. The Morgan fingerprint density at radius 3 is 3.09 bits per heavy atom. The number of aromatic amines is 1. The molecule has 1 atom stereocenters. The van der Waals surface area contributed by atoms with Crippen molar-refractivity contribution in [2.45, 2.75) is 32.0 Å². The Balaban J connectivity index is 2.32. The first kappa shape index (κ1) is 14.5. The van der Waals surface area contributed by atoms with Crippen molar-refractivity contribution < 1.29 is 18.7 Å². The van der Waals surface area contributed by atoms with E-state index in [4.69, 9.17) is 9.47 Å². The minimum absolute atomic E-state index is 0.254. The molecule has 0 amide bonds.